The van der Waals surface area contributed by atoms with Gasteiger partial charge in [-0.05, 0) is 55.0 Å². The Balaban J connectivity index is 1.11. The standard InChI is InChI=1S/C40H41ClF3N9O5/c1-21-23(8-7-11-26(21)45-32-30-33(48-36(47-32)40(42,43)44)50(2)38(56)51(3)35(30)54)24-9-6-10-25(31(24)41)27-18-22-12-13-28(29(22)34(46-27)58-5)52-15-14-39(19-52)20-53(16-17-57-4)37(55)49-39/h6-11,18,28H,12-17,19-20H2,1-5H3,(H,49,55)(H,45,47,48)/t28-,39+/m0/s1. The molecule has 3 aromatic heterocycles. The number of pyridine rings is 1. The van der Waals surface area contributed by atoms with Gasteiger partial charge in [0.1, 0.15) is 11.2 Å². The number of likely N-dealkylation sites (tertiary alicyclic amines) is 1. The number of halogens is 4. The summed E-state index contributed by atoms with van der Waals surface area (Å²) in [7, 11) is 5.70. The molecule has 1 aliphatic carbocycles. The number of nitrogens with zero attached hydrogens (tertiary/aromatic N) is 7. The Labute approximate surface area is 335 Å². The second-order valence-corrected chi connectivity index (χ2v) is 15.4. The van der Waals surface area contributed by atoms with E-state index in [1.165, 1.54) is 14.1 Å². The fourth-order valence-corrected chi connectivity index (χ4v) is 8.94. The third-order valence-electron chi connectivity index (χ3n) is 11.6. The number of methoxy groups -OCH3 is 2. The van der Waals surface area contributed by atoms with Crippen molar-refractivity contribution in [3.05, 3.63) is 90.8 Å². The summed E-state index contributed by atoms with van der Waals surface area (Å²) in [5.74, 6) is -1.39. The van der Waals surface area contributed by atoms with Gasteiger partial charge in [0.05, 0.1) is 30.0 Å². The van der Waals surface area contributed by atoms with Crippen LogP contribution in [0.25, 0.3) is 33.4 Å². The van der Waals surface area contributed by atoms with Crippen molar-refractivity contribution in [3.63, 3.8) is 0 Å². The van der Waals surface area contributed by atoms with Crippen LogP contribution in [-0.4, -0.2) is 92.5 Å². The van der Waals surface area contributed by atoms with Crippen molar-refractivity contribution in [2.24, 2.45) is 14.1 Å². The number of hydrogen-bond donors (Lipinski definition) is 2. The SMILES string of the molecule is COCCN1C[C@]2(CCN([C@H]3CCc4cc(-c5cccc(-c6cccc(Nc7nc(C(F)(F)F)nc8c7c(=O)n(C)c(=O)n8C)c6C)c5Cl)nc(OC)c43)C2)NC1=O. The van der Waals surface area contributed by atoms with Gasteiger partial charge in [-0.25, -0.2) is 24.5 Å². The van der Waals surface area contributed by atoms with E-state index in [4.69, 9.17) is 26.1 Å². The minimum atomic E-state index is -4.96. The second-order valence-electron chi connectivity index (χ2n) is 15.1. The largest absolute Gasteiger partial charge is 0.481 e. The number of hydrogen-bond acceptors (Lipinski definition) is 10. The molecule has 5 heterocycles. The second kappa shape index (κ2) is 14.7. The van der Waals surface area contributed by atoms with Gasteiger partial charge in [-0.1, -0.05) is 41.9 Å². The summed E-state index contributed by atoms with van der Waals surface area (Å²) in [5, 5.41) is 6.30. The molecule has 2 atom stereocenters. The van der Waals surface area contributed by atoms with E-state index in [1.54, 1.807) is 33.3 Å². The lowest BCUT2D eigenvalue weighted by Crippen LogP contribution is -2.46. The van der Waals surface area contributed by atoms with Gasteiger partial charge in [0.15, 0.2) is 5.65 Å². The number of benzene rings is 2. The molecular formula is C40H41ClF3N9O5. The van der Waals surface area contributed by atoms with E-state index in [0.717, 1.165) is 46.1 Å². The summed E-state index contributed by atoms with van der Waals surface area (Å²) in [6, 6.07) is 12.8. The maximum atomic E-state index is 14.0. The van der Waals surface area contributed by atoms with E-state index in [2.05, 4.69) is 31.6 Å². The van der Waals surface area contributed by atoms with Crippen molar-refractivity contribution < 1.29 is 27.4 Å². The smallest absolute Gasteiger partial charge is 0.451 e. The van der Waals surface area contributed by atoms with E-state index in [-0.39, 0.29) is 23.0 Å². The first kappa shape index (κ1) is 39.3. The number of nitrogens with one attached hydrogen (secondary N) is 2. The van der Waals surface area contributed by atoms with Crippen LogP contribution in [-0.2, 0) is 31.4 Å². The van der Waals surface area contributed by atoms with E-state index < -0.39 is 34.7 Å². The number of urea groups is 1. The third-order valence-corrected chi connectivity index (χ3v) is 12.0. The van der Waals surface area contributed by atoms with Crippen LogP contribution >= 0.6 is 11.6 Å². The molecular weight excluding hydrogens is 779 g/mol. The molecule has 0 bridgehead atoms. The van der Waals surface area contributed by atoms with Crippen LogP contribution in [0.4, 0.5) is 29.5 Å². The molecule has 2 aliphatic heterocycles. The lowest BCUT2D eigenvalue weighted by Gasteiger charge is -2.28. The number of amides is 2. The van der Waals surface area contributed by atoms with Gasteiger partial charge in [-0.3, -0.25) is 18.8 Å². The highest BCUT2D eigenvalue weighted by molar-refractivity contribution is 6.36. The molecule has 304 valence electrons. The predicted molar refractivity (Wildman–Crippen MR) is 212 cm³/mol. The molecule has 1 spiro atoms. The molecule has 5 aromatic rings. The van der Waals surface area contributed by atoms with Crippen LogP contribution in [0.2, 0.25) is 5.02 Å². The minimum Gasteiger partial charge on any atom is -0.481 e. The zero-order chi connectivity index (χ0) is 41.3. The highest BCUT2D eigenvalue weighted by Gasteiger charge is 2.49. The molecule has 2 saturated heterocycles. The van der Waals surface area contributed by atoms with E-state index in [0.29, 0.717) is 70.8 Å². The van der Waals surface area contributed by atoms with E-state index in [9.17, 15) is 27.6 Å². The third kappa shape index (κ3) is 6.63. The molecule has 0 unspecified atom stereocenters. The first-order valence-corrected chi connectivity index (χ1v) is 19.1. The number of anilines is 2. The monoisotopic (exact) mass is 819 g/mol. The number of carbonyl (C=O) groups excluding carboxylic acids is 1. The molecule has 2 N–H and O–H groups in total. The van der Waals surface area contributed by atoms with Gasteiger partial charge >= 0.3 is 17.9 Å². The molecule has 8 rings (SSSR count). The molecule has 2 fully saturated rings. The van der Waals surface area contributed by atoms with Crippen LogP contribution < -0.4 is 26.6 Å². The quantitative estimate of drug-likeness (QED) is 0.193. The fraction of sp³-hybridized carbons (Fsp3) is 0.400. The maximum Gasteiger partial charge on any atom is 0.451 e. The summed E-state index contributed by atoms with van der Waals surface area (Å²) < 4.78 is 54.8. The Morgan fingerprint density at radius 1 is 1.00 bits per heavy atom. The van der Waals surface area contributed by atoms with Gasteiger partial charge < -0.3 is 25.0 Å². The highest BCUT2D eigenvalue weighted by atomic mass is 35.5. The van der Waals surface area contributed by atoms with Gasteiger partial charge in [0.2, 0.25) is 11.7 Å². The van der Waals surface area contributed by atoms with Gasteiger partial charge in [0.25, 0.3) is 5.56 Å². The average molecular weight is 820 g/mol. The molecule has 14 nitrogen and oxygen atoms in total. The number of rotatable bonds is 9. The number of ether oxygens (including phenoxy) is 2. The molecule has 58 heavy (non-hydrogen) atoms. The van der Waals surface area contributed by atoms with E-state index >= 15 is 0 Å². The van der Waals surface area contributed by atoms with Crippen molar-refractivity contribution in [2.75, 3.05) is 52.3 Å². The van der Waals surface area contributed by atoms with Crippen molar-refractivity contribution in [3.8, 4) is 28.3 Å². The van der Waals surface area contributed by atoms with Gasteiger partial charge in [-0.15, -0.1) is 0 Å². The van der Waals surface area contributed by atoms with Crippen LogP contribution in [0.3, 0.4) is 0 Å². The van der Waals surface area contributed by atoms with Gasteiger partial charge in [0, 0.05) is 75.8 Å². The number of aromatic nitrogens is 5. The molecule has 18 heteroatoms. The Morgan fingerprint density at radius 2 is 1.74 bits per heavy atom. The summed E-state index contributed by atoms with van der Waals surface area (Å²) in [6.45, 7) is 4.96. The summed E-state index contributed by atoms with van der Waals surface area (Å²) in [5.41, 5.74) is 3.24. The van der Waals surface area contributed by atoms with Crippen molar-refractivity contribution in [1.82, 2.24) is 39.2 Å². The average Bonchev–Trinajstić information content (AvgIpc) is 3.90. The Kier molecular flexibility index (Phi) is 9.96. The van der Waals surface area contributed by atoms with Crippen LogP contribution in [0.5, 0.6) is 5.88 Å². The van der Waals surface area contributed by atoms with Crippen molar-refractivity contribution in [2.45, 2.75) is 43.9 Å². The van der Waals surface area contributed by atoms with Crippen molar-refractivity contribution >= 4 is 40.2 Å². The summed E-state index contributed by atoms with van der Waals surface area (Å²) in [6.07, 6.45) is -2.45. The first-order chi connectivity index (χ1) is 27.6. The molecule has 0 radical (unpaired) electrons. The number of fused-ring (bicyclic) bond motifs is 2. The van der Waals surface area contributed by atoms with Crippen molar-refractivity contribution in [1.29, 1.82) is 0 Å². The van der Waals surface area contributed by atoms with Gasteiger partial charge in [-0.2, -0.15) is 13.2 Å². The molecule has 2 aromatic carbocycles. The summed E-state index contributed by atoms with van der Waals surface area (Å²) >= 11 is 7.21. The Hall–Kier alpha value is -5.52. The maximum absolute atomic E-state index is 14.0. The Bertz CT molecular complexity index is 2620. The topological polar surface area (TPSA) is 149 Å². The zero-order valence-electron chi connectivity index (χ0n) is 32.5. The predicted octanol–water partition coefficient (Wildman–Crippen LogP) is 5.59. The normalized spacial score (nSPS) is 19.4. The van der Waals surface area contributed by atoms with Crippen LogP contribution in [0.1, 0.15) is 41.4 Å². The van der Waals surface area contributed by atoms with Crippen LogP contribution in [0.15, 0.2) is 52.1 Å². The lowest BCUT2D eigenvalue weighted by molar-refractivity contribution is -0.144. The number of carbonyl (C=O) groups is 1. The minimum absolute atomic E-state index is 0.0630. The molecule has 0 saturated carbocycles. The summed E-state index contributed by atoms with van der Waals surface area (Å²) in [4.78, 5) is 55.1. The molecule has 2 amide bonds. The first-order valence-electron chi connectivity index (χ1n) is 18.7. The number of alkyl halides is 3. The lowest BCUT2D eigenvalue weighted by atomic mass is 9.96. The Morgan fingerprint density at radius 3 is 2.48 bits per heavy atom. The van der Waals surface area contributed by atoms with Crippen LogP contribution in [0, 0.1) is 6.92 Å². The fourth-order valence-electron chi connectivity index (χ4n) is 8.61. The highest BCUT2D eigenvalue weighted by Crippen LogP contribution is 2.47. The zero-order valence-corrected chi connectivity index (χ0v) is 33.2. The van der Waals surface area contributed by atoms with E-state index in [1.807, 2.05) is 29.2 Å². The molecule has 3 aliphatic rings. The number of aryl methyl sites for hydroxylation is 2.